The molecular formula is C17H27ClN4O2. The van der Waals surface area contributed by atoms with Crippen LogP contribution in [0.1, 0.15) is 25.5 Å². The van der Waals surface area contributed by atoms with Gasteiger partial charge in [-0.2, -0.15) is 0 Å². The third-order valence-electron chi connectivity index (χ3n) is 4.66. The molecule has 0 radical (unpaired) electrons. The van der Waals surface area contributed by atoms with Crippen LogP contribution < -0.4 is 15.5 Å². The number of amides is 1. The van der Waals surface area contributed by atoms with Gasteiger partial charge in [0.25, 0.3) is 0 Å². The molecule has 0 aromatic carbocycles. The van der Waals surface area contributed by atoms with Gasteiger partial charge in [0.1, 0.15) is 5.82 Å². The van der Waals surface area contributed by atoms with Crippen molar-refractivity contribution in [2.24, 2.45) is 5.92 Å². The standard InChI is InChI=1S/C17H26N4O2.ClH/c1-12-11-14(5-6-18-12)17(22)20-15-3-4-16(19-13(15)2)21-7-9-23-10-8-21;/h3-4,12,14,18H,5-11H2,1-2H3,(H,20,22);1H/t12-,14-;/m0./s1. The summed E-state index contributed by atoms with van der Waals surface area (Å²) in [5, 5.41) is 6.44. The molecule has 2 N–H and O–H groups in total. The molecule has 7 heteroatoms. The SMILES string of the molecule is Cc1nc(N2CCOCC2)ccc1NC(=O)[C@H]1CCN[C@@H](C)C1.Cl. The van der Waals surface area contributed by atoms with Gasteiger partial charge in [0, 0.05) is 25.0 Å². The molecule has 2 aliphatic rings. The van der Waals surface area contributed by atoms with Crippen LogP contribution in [-0.2, 0) is 9.53 Å². The number of hydrogen-bond donors (Lipinski definition) is 2. The van der Waals surface area contributed by atoms with E-state index in [1.54, 1.807) is 0 Å². The average molecular weight is 355 g/mol. The zero-order valence-electron chi connectivity index (χ0n) is 14.4. The van der Waals surface area contributed by atoms with Crippen molar-refractivity contribution in [2.45, 2.75) is 32.7 Å². The fourth-order valence-corrected chi connectivity index (χ4v) is 3.25. The number of carbonyl (C=O) groups excluding carboxylic acids is 1. The van der Waals surface area contributed by atoms with Crippen LogP contribution in [0.15, 0.2) is 12.1 Å². The summed E-state index contributed by atoms with van der Waals surface area (Å²) in [6.07, 6.45) is 1.79. The third-order valence-corrected chi connectivity index (χ3v) is 4.66. The van der Waals surface area contributed by atoms with E-state index >= 15 is 0 Å². The first-order valence-corrected chi connectivity index (χ1v) is 8.48. The lowest BCUT2D eigenvalue weighted by atomic mass is 9.92. The van der Waals surface area contributed by atoms with Gasteiger partial charge < -0.3 is 20.3 Å². The zero-order chi connectivity index (χ0) is 16.2. The maximum atomic E-state index is 12.5. The summed E-state index contributed by atoms with van der Waals surface area (Å²) >= 11 is 0. The number of hydrogen-bond acceptors (Lipinski definition) is 5. The van der Waals surface area contributed by atoms with Crippen molar-refractivity contribution < 1.29 is 9.53 Å². The van der Waals surface area contributed by atoms with Crippen molar-refractivity contribution in [3.05, 3.63) is 17.8 Å². The van der Waals surface area contributed by atoms with E-state index in [2.05, 4.69) is 27.4 Å². The average Bonchev–Trinajstić information content (AvgIpc) is 2.57. The van der Waals surface area contributed by atoms with Crippen LogP contribution in [0.4, 0.5) is 11.5 Å². The number of rotatable bonds is 3. The van der Waals surface area contributed by atoms with E-state index in [9.17, 15) is 4.79 Å². The van der Waals surface area contributed by atoms with Crippen LogP contribution in [0.5, 0.6) is 0 Å². The molecule has 1 aromatic rings. The number of aromatic nitrogens is 1. The van der Waals surface area contributed by atoms with Crippen molar-refractivity contribution in [3.8, 4) is 0 Å². The van der Waals surface area contributed by atoms with Crippen molar-refractivity contribution in [1.29, 1.82) is 0 Å². The van der Waals surface area contributed by atoms with Gasteiger partial charge in [-0.15, -0.1) is 12.4 Å². The van der Waals surface area contributed by atoms with Crippen LogP contribution in [0, 0.1) is 12.8 Å². The van der Waals surface area contributed by atoms with Crippen LogP contribution >= 0.6 is 12.4 Å². The number of piperidine rings is 1. The van der Waals surface area contributed by atoms with Crippen molar-refractivity contribution in [1.82, 2.24) is 10.3 Å². The Balaban J connectivity index is 0.00000208. The summed E-state index contributed by atoms with van der Waals surface area (Å²) in [7, 11) is 0. The van der Waals surface area contributed by atoms with E-state index in [4.69, 9.17) is 4.74 Å². The van der Waals surface area contributed by atoms with Crippen LogP contribution in [0.2, 0.25) is 0 Å². The van der Waals surface area contributed by atoms with Gasteiger partial charge >= 0.3 is 0 Å². The Morgan fingerprint density at radius 3 is 2.79 bits per heavy atom. The number of ether oxygens (including phenoxy) is 1. The van der Waals surface area contributed by atoms with Gasteiger partial charge in [0.05, 0.1) is 24.6 Å². The summed E-state index contributed by atoms with van der Waals surface area (Å²) in [6, 6.07) is 4.36. The lowest BCUT2D eigenvalue weighted by Gasteiger charge is -2.29. The zero-order valence-corrected chi connectivity index (χ0v) is 15.2. The molecule has 24 heavy (non-hydrogen) atoms. The maximum absolute atomic E-state index is 12.5. The minimum Gasteiger partial charge on any atom is -0.378 e. The topological polar surface area (TPSA) is 66.5 Å². The molecule has 1 aromatic heterocycles. The van der Waals surface area contributed by atoms with Gasteiger partial charge in [0.2, 0.25) is 5.91 Å². The summed E-state index contributed by atoms with van der Waals surface area (Å²) in [4.78, 5) is 19.3. The normalized spacial score (nSPS) is 24.2. The number of nitrogens with zero attached hydrogens (tertiary/aromatic N) is 2. The van der Waals surface area contributed by atoms with Crippen LogP contribution in [0.3, 0.4) is 0 Å². The molecule has 134 valence electrons. The number of pyridine rings is 1. The summed E-state index contributed by atoms with van der Waals surface area (Å²) in [5.74, 6) is 1.16. The highest BCUT2D eigenvalue weighted by Gasteiger charge is 2.25. The van der Waals surface area contributed by atoms with E-state index in [1.807, 2.05) is 19.1 Å². The molecule has 2 atom stereocenters. The molecular weight excluding hydrogens is 328 g/mol. The Hall–Kier alpha value is -1.37. The Labute approximate surface area is 149 Å². The Morgan fingerprint density at radius 2 is 2.12 bits per heavy atom. The first-order chi connectivity index (χ1) is 11.1. The first kappa shape index (κ1) is 19.0. The molecule has 2 aliphatic heterocycles. The monoisotopic (exact) mass is 354 g/mol. The van der Waals surface area contributed by atoms with Gasteiger partial charge in [-0.3, -0.25) is 4.79 Å². The summed E-state index contributed by atoms with van der Waals surface area (Å²) < 4.78 is 5.37. The third kappa shape index (κ3) is 4.59. The number of anilines is 2. The van der Waals surface area contributed by atoms with E-state index in [-0.39, 0.29) is 24.2 Å². The lowest BCUT2D eigenvalue weighted by Crippen LogP contribution is -2.40. The largest absolute Gasteiger partial charge is 0.378 e. The van der Waals surface area contributed by atoms with Crippen LogP contribution in [-0.4, -0.2) is 49.8 Å². The highest BCUT2D eigenvalue weighted by Crippen LogP contribution is 2.22. The van der Waals surface area contributed by atoms with Gasteiger partial charge in [0.15, 0.2) is 0 Å². The van der Waals surface area contributed by atoms with Gasteiger partial charge in [-0.1, -0.05) is 0 Å². The fourth-order valence-electron chi connectivity index (χ4n) is 3.25. The molecule has 0 aliphatic carbocycles. The number of halogens is 1. The van der Waals surface area contributed by atoms with E-state index in [0.29, 0.717) is 6.04 Å². The van der Waals surface area contributed by atoms with Crippen molar-refractivity contribution in [3.63, 3.8) is 0 Å². The first-order valence-electron chi connectivity index (χ1n) is 8.48. The maximum Gasteiger partial charge on any atom is 0.227 e. The van der Waals surface area contributed by atoms with Crippen molar-refractivity contribution >= 4 is 29.8 Å². The second kappa shape index (κ2) is 8.65. The molecule has 2 fully saturated rings. The minimum atomic E-state index is 0. The summed E-state index contributed by atoms with van der Waals surface area (Å²) in [6.45, 7) is 8.21. The molecule has 1 amide bonds. The second-order valence-electron chi connectivity index (χ2n) is 6.47. The minimum absolute atomic E-state index is 0. The quantitative estimate of drug-likeness (QED) is 0.868. The lowest BCUT2D eigenvalue weighted by molar-refractivity contribution is -0.120. The Kier molecular flexibility index (Phi) is 6.83. The Morgan fingerprint density at radius 1 is 1.38 bits per heavy atom. The molecule has 0 unspecified atom stereocenters. The molecule has 0 spiro atoms. The van der Waals surface area contributed by atoms with Gasteiger partial charge in [-0.25, -0.2) is 4.98 Å². The molecule has 3 rings (SSSR count). The predicted octanol–water partition coefficient (Wildman–Crippen LogP) is 1.98. The number of nitrogens with one attached hydrogen (secondary N) is 2. The Bertz CT molecular complexity index is 564. The molecule has 0 bridgehead atoms. The number of aryl methyl sites for hydroxylation is 1. The molecule has 3 heterocycles. The molecule has 2 saturated heterocycles. The van der Waals surface area contributed by atoms with Crippen LogP contribution in [0.25, 0.3) is 0 Å². The second-order valence-corrected chi connectivity index (χ2v) is 6.47. The van der Waals surface area contributed by atoms with Gasteiger partial charge in [-0.05, 0) is 45.4 Å². The molecule has 6 nitrogen and oxygen atoms in total. The summed E-state index contributed by atoms with van der Waals surface area (Å²) in [5.41, 5.74) is 1.68. The highest BCUT2D eigenvalue weighted by molar-refractivity contribution is 5.93. The number of morpholine rings is 1. The molecule has 0 saturated carbocycles. The van der Waals surface area contributed by atoms with E-state index in [0.717, 1.165) is 62.9 Å². The number of carbonyl (C=O) groups is 1. The fraction of sp³-hybridized carbons (Fsp3) is 0.647. The van der Waals surface area contributed by atoms with Crippen molar-refractivity contribution in [2.75, 3.05) is 43.1 Å². The predicted molar refractivity (Wildman–Crippen MR) is 98.1 cm³/mol. The highest BCUT2D eigenvalue weighted by atomic mass is 35.5. The van der Waals surface area contributed by atoms with E-state index < -0.39 is 0 Å². The van der Waals surface area contributed by atoms with E-state index in [1.165, 1.54) is 0 Å². The smallest absolute Gasteiger partial charge is 0.227 e.